The van der Waals surface area contributed by atoms with Crippen LogP contribution in [0.5, 0.6) is 0 Å². The van der Waals surface area contributed by atoms with Crippen molar-refractivity contribution in [2.45, 2.75) is 19.9 Å². The summed E-state index contributed by atoms with van der Waals surface area (Å²) in [7, 11) is 0. The van der Waals surface area contributed by atoms with Crippen molar-refractivity contribution in [3.63, 3.8) is 0 Å². The van der Waals surface area contributed by atoms with Crippen LogP contribution in [0.1, 0.15) is 24.2 Å². The zero-order valence-electron chi connectivity index (χ0n) is 9.79. The number of carbonyl (C=O) groups excluding carboxylic acids is 1. The Bertz CT molecular complexity index is 505. The first-order chi connectivity index (χ1) is 8.16. The van der Waals surface area contributed by atoms with Crippen LogP contribution in [0, 0.1) is 0 Å². The molecule has 0 unspecified atom stereocenters. The van der Waals surface area contributed by atoms with Crippen molar-refractivity contribution in [2.24, 2.45) is 0 Å². The zero-order chi connectivity index (χ0) is 12.3. The van der Waals surface area contributed by atoms with Gasteiger partial charge in [0.1, 0.15) is 12.7 Å². The van der Waals surface area contributed by atoms with Gasteiger partial charge in [-0.2, -0.15) is 0 Å². The molecule has 0 aliphatic rings. The minimum atomic E-state index is -0.0741. The van der Waals surface area contributed by atoms with Crippen LogP contribution < -0.4 is 5.32 Å². The second-order valence-corrected chi connectivity index (χ2v) is 4.05. The van der Waals surface area contributed by atoms with Crippen molar-refractivity contribution >= 4 is 5.91 Å². The molecule has 2 aromatic rings. The average Bonchev–Trinajstić information content (AvgIpc) is 2.82. The molecule has 88 valence electrons. The van der Waals surface area contributed by atoms with E-state index >= 15 is 0 Å². The summed E-state index contributed by atoms with van der Waals surface area (Å²) >= 11 is 0. The van der Waals surface area contributed by atoms with Gasteiger partial charge >= 0.3 is 0 Å². The van der Waals surface area contributed by atoms with E-state index in [2.05, 4.69) is 15.5 Å². The Balaban J connectivity index is 2.26. The number of rotatable bonds is 3. The van der Waals surface area contributed by atoms with E-state index in [4.69, 9.17) is 0 Å². The summed E-state index contributed by atoms with van der Waals surface area (Å²) < 4.78 is 1.76. The smallest absolute Gasteiger partial charge is 0.251 e. The van der Waals surface area contributed by atoms with Crippen LogP contribution in [0.4, 0.5) is 0 Å². The summed E-state index contributed by atoms with van der Waals surface area (Å²) in [6.45, 7) is 3.86. The van der Waals surface area contributed by atoms with Crippen molar-refractivity contribution in [2.75, 3.05) is 0 Å². The molecule has 0 atom stereocenters. The van der Waals surface area contributed by atoms with Gasteiger partial charge in [0.15, 0.2) is 0 Å². The Kier molecular flexibility index (Phi) is 3.18. The number of amides is 1. The Labute approximate surface area is 99.5 Å². The lowest BCUT2D eigenvalue weighted by molar-refractivity contribution is 0.0943. The fourth-order valence-electron chi connectivity index (χ4n) is 1.49. The number of hydrogen-bond donors (Lipinski definition) is 1. The monoisotopic (exact) mass is 230 g/mol. The van der Waals surface area contributed by atoms with Crippen LogP contribution in [-0.4, -0.2) is 26.7 Å². The molecule has 17 heavy (non-hydrogen) atoms. The molecule has 0 spiro atoms. The maximum atomic E-state index is 11.8. The lowest BCUT2D eigenvalue weighted by atomic mass is 10.2. The van der Waals surface area contributed by atoms with E-state index in [1.165, 1.54) is 0 Å². The third kappa shape index (κ3) is 2.69. The number of aromatic nitrogens is 3. The van der Waals surface area contributed by atoms with Gasteiger partial charge in [0.05, 0.1) is 0 Å². The molecule has 2 rings (SSSR count). The standard InChI is InChI=1S/C12H14N4O/c1-9(2)15-12(17)10-4-3-5-11(6-10)16-7-13-14-8-16/h3-9H,1-2H3,(H,15,17). The molecule has 0 radical (unpaired) electrons. The molecule has 1 aromatic carbocycles. The zero-order valence-corrected chi connectivity index (χ0v) is 9.79. The first-order valence-corrected chi connectivity index (χ1v) is 5.43. The average molecular weight is 230 g/mol. The molecule has 5 nitrogen and oxygen atoms in total. The van der Waals surface area contributed by atoms with Gasteiger partial charge in [-0.3, -0.25) is 9.36 Å². The van der Waals surface area contributed by atoms with E-state index in [1.54, 1.807) is 29.4 Å². The van der Waals surface area contributed by atoms with E-state index in [9.17, 15) is 4.79 Å². The van der Waals surface area contributed by atoms with Crippen LogP contribution in [0.2, 0.25) is 0 Å². The van der Waals surface area contributed by atoms with Gasteiger partial charge in [0, 0.05) is 17.3 Å². The highest BCUT2D eigenvalue weighted by Gasteiger charge is 2.07. The second-order valence-electron chi connectivity index (χ2n) is 4.05. The maximum absolute atomic E-state index is 11.8. The maximum Gasteiger partial charge on any atom is 0.251 e. The van der Waals surface area contributed by atoms with Crippen LogP contribution in [-0.2, 0) is 0 Å². The van der Waals surface area contributed by atoms with Crippen molar-refractivity contribution in [1.82, 2.24) is 20.1 Å². The highest BCUT2D eigenvalue weighted by Crippen LogP contribution is 2.09. The second kappa shape index (κ2) is 4.78. The van der Waals surface area contributed by atoms with E-state index in [-0.39, 0.29) is 11.9 Å². The molecule has 0 aliphatic carbocycles. The predicted octanol–water partition coefficient (Wildman–Crippen LogP) is 1.41. The van der Waals surface area contributed by atoms with Gasteiger partial charge in [0.25, 0.3) is 5.91 Å². The lowest BCUT2D eigenvalue weighted by Crippen LogP contribution is -2.30. The lowest BCUT2D eigenvalue weighted by Gasteiger charge is -2.09. The van der Waals surface area contributed by atoms with E-state index < -0.39 is 0 Å². The van der Waals surface area contributed by atoms with Crippen molar-refractivity contribution < 1.29 is 4.79 Å². The Morgan fingerprint density at radius 1 is 1.29 bits per heavy atom. The summed E-state index contributed by atoms with van der Waals surface area (Å²) in [5.41, 5.74) is 1.50. The molecule has 0 fully saturated rings. The van der Waals surface area contributed by atoms with Crippen molar-refractivity contribution in [1.29, 1.82) is 0 Å². The largest absolute Gasteiger partial charge is 0.350 e. The van der Waals surface area contributed by atoms with Crippen molar-refractivity contribution in [3.8, 4) is 5.69 Å². The summed E-state index contributed by atoms with van der Waals surface area (Å²) in [5.74, 6) is -0.0741. The van der Waals surface area contributed by atoms with Gasteiger partial charge < -0.3 is 5.32 Å². The molecule has 0 aliphatic heterocycles. The van der Waals surface area contributed by atoms with E-state index in [0.29, 0.717) is 5.56 Å². The predicted molar refractivity (Wildman–Crippen MR) is 64.0 cm³/mol. The number of hydrogen-bond acceptors (Lipinski definition) is 3. The highest BCUT2D eigenvalue weighted by molar-refractivity contribution is 5.94. The Morgan fingerprint density at radius 3 is 2.65 bits per heavy atom. The normalized spacial score (nSPS) is 10.5. The summed E-state index contributed by atoms with van der Waals surface area (Å²) in [6, 6.07) is 7.45. The van der Waals surface area contributed by atoms with Gasteiger partial charge in [-0.1, -0.05) is 6.07 Å². The fraction of sp³-hybridized carbons (Fsp3) is 0.250. The topological polar surface area (TPSA) is 59.8 Å². The van der Waals surface area contributed by atoms with Gasteiger partial charge in [-0.05, 0) is 32.0 Å². The van der Waals surface area contributed by atoms with Gasteiger partial charge in [-0.25, -0.2) is 0 Å². The minimum Gasteiger partial charge on any atom is -0.350 e. The minimum absolute atomic E-state index is 0.0741. The number of nitrogens with zero attached hydrogens (tertiary/aromatic N) is 3. The van der Waals surface area contributed by atoms with Crippen LogP contribution in [0.3, 0.4) is 0 Å². The molecule has 1 heterocycles. The van der Waals surface area contributed by atoms with Gasteiger partial charge in [0.2, 0.25) is 0 Å². The quantitative estimate of drug-likeness (QED) is 0.867. The molecule has 0 bridgehead atoms. The Morgan fingerprint density at radius 2 is 2.00 bits per heavy atom. The molecular formula is C12H14N4O. The molecule has 1 amide bonds. The number of carbonyl (C=O) groups is 1. The van der Waals surface area contributed by atoms with E-state index in [0.717, 1.165) is 5.69 Å². The summed E-state index contributed by atoms with van der Waals surface area (Å²) in [5, 5.41) is 10.3. The van der Waals surface area contributed by atoms with E-state index in [1.807, 2.05) is 26.0 Å². The molecule has 1 aromatic heterocycles. The van der Waals surface area contributed by atoms with Crippen LogP contribution in [0.25, 0.3) is 5.69 Å². The van der Waals surface area contributed by atoms with Crippen LogP contribution in [0.15, 0.2) is 36.9 Å². The summed E-state index contributed by atoms with van der Waals surface area (Å²) in [6.07, 6.45) is 3.19. The van der Waals surface area contributed by atoms with Crippen LogP contribution >= 0.6 is 0 Å². The highest BCUT2D eigenvalue weighted by atomic mass is 16.1. The number of benzene rings is 1. The molecule has 0 saturated carbocycles. The molecule has 0 saturated heterocycles. The van der Waals surface area contributed by atoms with Gasteiger partial charge in [-0.15, -0.1) is 10.2 Å². The third-order valence-corrected chi connectivity index (χ3v) is 2.25. The van der Waals surface area contributed by atoms with Crippen molar-refractivity contribution in [3.05, 3.63) is 42.5 Å². The summed E-state index contributed by atoms with van der Waals surface area (Å²) in [4.78, 5) is 11.8. The molecule has 5 heteroatoms. The first-order valence-electron chi connectivity index (χ1n) is 5.43. The third-order valence-electron chi connectivity index (χ3n) is 2.25. The Hall–Kier alpha value is -2.17. The fourth-order valence-corrected chi connectivity index (χ4v) is 1.49. The first kappa shape index (κ1) is 11.3. The molecule has 1 N–H and O–H groups in total. The molecular weight excluding hydrogens is 216 g/mol. The number of nitrogens with one attached hydrogen (secondary N) is 1. The SMILES string of the molecule is CC(C)NC(=O)c1cccc(-n2cnnc2)c1.